The van der Waals surface area contributed by atoms with Gasteiger partial charge in [-0.05, 0) is 31.2 Å². The zero-order valence-electron chi connectivity index (χ0n) is 9.85. The number of phenols is 1. The van der Waals surface area contributed by atoms with Gasteiger partial charge in [-0.2, -0.15) is 5.26 Å². The number of nitriles is 1. The normalized spacial score (nSPS) is 12.4. The molecule has 1 aromatic rings. The standard InChI is InChI=1S/C13H18N2O/c1-3-15(9-11(2)8-14)10-12-4-6-13(16)7-5-12/h4-7,11,16H,3,9-10H2,1-2H3. The maximum atomic E-state index is 9.17. The highest BCUT2D eigenvalue weighted by atomic mass is 16.3. The van der Waals surface area contributed by atoms with Gasteiger partial charge in [-0.15, -0.1) is 0 Å². The Bertz CT molecular complexity index is 353. The first-order valence-electron chi connectivity index (χ1n) is 5.55. The van der Waals surface area contributed by atoms with Crippen molar-refractivity contribution in [1.29, 1.82) is 5.26 Å². The van der Waals surface area contributed by atoms with Crippen LogP contribution in [0, 0.1) is 17.2 Å². The molecule has 1 aromatic carbocycles. The quantitative estimate of drug-likeness (QED) is 0.825. The van der Waals surface area contributed by atoms with E-state index < -0.39 is 0 Å². The summed E-state index contributed by atoms with van der Waals surface area (Å²) in [6.07, 6.45) is 0. The molecule has 86 valence electrons. The van der Waals surface area contributed by atoms with Crippen LogP contribution in [0.3, 0.4) is 0 Å². The summed E-state index contributed by atoms with van der Waals surface area (Å²) in [4.78, 5) is 2.22. The second kappa shape index (κ2) is 6.14. The monoisotopic (exact) mass is 218 g/mol. The number of nitrogens with zero attached hydrogens (tertiary/aromatic N) is 2. The van der Waals surface area contributed by atoms with E-state index in [1.165, 1.54) is 0 Å². The molecule has 0 saturated heterocycles. The van der Waals surface area contributed by atoms with E-state index in [2.05, 4.69) is 17.9 Å². The lowest BCUT2D eigenvalue weighted by molar-refractivity contribution is 0.260. The van der Waals surface area contributed by atoms with E-state index in [1.54, 1.807) is 12.1 Å². The first kappa shape index (κ1) is 12.5. The Hall–Kier alpha value is -1.53. The van der Waals surface area contributed by atoms with E-state index >= 15 is 0 Å². The maximum absolute atomic E-state index is 9.17. The van der Waals surface area contributed by atoms with Gasteiger partial charge in [0.2, 0.25) is 0 Å². The topological polar surface area (TPSA) is 47.3 Å². The molecule has 0 spiro atoms. The SMILES string of the molecule is CCN(Cc1ccc(O)cc1)CC(C)C#N. The van der Waals surface area contributed by atoms with Crippen molar-refractivity contribution >= 4 is 0 Å². The fourth-order valence-corrected chi connectivity index (χ4v) is 1.59. The molecule has 1 N–H and O–H groups in total. The van der Waals surface area contributed by atoms with Gasteiger partial charge >= 0.3 is 0 Å². The average Bonchev–Trinajstić information content (AvgIpc) is 2.30. The van der Waals surface area contributed by atoms with Crippen LogP contribution in [0.1, 0.15) is 19.4 Å². The van der Waals surface area contributed by atoms with Crippen molar-refractivity contribution in [2.75, 3.05) is 13.1 Å². The van der Waals surface area contributed by atoms with E-state index in [1.807, 2.05) is 19.1 Å². The summed E-state index contributed by atoms with van der Waals surface area (Å²) in [6.45, 7) is 6.55. The Balaban J connectivity index is 2.56. The number of aromatic hydroxyl groups is 1. The highest BCUT2D eigenvalue weighted by Gasteiger charge is 2.08. The van der Waals surface area contributed by atoms with Crippen molar-refractivity contribution in [3.05, 3.63) is 29.8 Å². The number of hydrogen-bond donors (Lipinski definition) is 1. The molecule has 1 unspecified atom stereocenters. The summed E-state index contributed by atoms with van der Waals surface area (Å²) < 4.78 is 0. The molecule has 0 aliphatic heterocycles. The predicted molar refractivity (Wildman–Crippen MR) is 63.8 cm³/mol. The third kappa shape index (κ3) is 3.92. The largest absolute Gasteiger partial charge is 0.508 e. The third-order valence-corrected chi connectivity index (χ3v) is 2.54. The van der Waals surface area contributed by atoms with Crippen LogP contribution in [-0.4, -0.2) is 23.1 Å². The molecule has 16 heavy (non-hydrogen) atoms. The van der Waals surface area contributed by atoms with Gasteiger partial charge in [-0.3, -0.25) is 4.90 Å². The van der Waals surface area contributed by atoms with Crippen molar-refractivity contribution in [2.45, 2.75) is 20.4 Å². The van der Waals surface area contributed by atoms with Crippen LogP contribution in [0.4, 0.5) is 0 Å². The second-order valence-electron chi connectivity index (χ2n) is 4.02. The van der Waals surface area contributed by atoms with Crippen molar-refractivity contribution < 1.29 is 5.11 Å². The lowest BCUT2D eigenvalue weighted by Crippen LogP contribution is -2.27. The molecule has 0 aliphatic carbocycles. The Morgan fingerprint density at radius 1 is 1.38 bits per heavy atom. The molecule has 0 aliphatic rings. The van der Waals surface area contributed by atoms with Crippen LogP contribution in [0.25, 0.3) is 0 Å². The molecule has 1 atom stereocenters. The van der Waals surface area contributed by atoms with Gasteiger partial charge < -0.3 is 5.11 Å². The maximum Gasteiger partial charge on any atom is 0.115 e. The van der Waals surface area contributed by atoms with Crippen LogP contribution >= 0.6 is 0 Å². The molecule has 0 bridgehead atoms. The highest BCUT2D eigenvalue weighted by Crippen LogP contribution is 2.12. The lowest BCUT2D eigenvalue weighted by Gasteiger charge is -2.21. The predicted octanol–water partition coefficient (Wildman–Crippen LogP) is 2.37. The van der Waals surface area contributed by atoms with Gasteiger partial charge in [0.05, 0.1) is 12.0 Å². The van der Waals surface area contributed by atoms with Gasteiger partial charge in [0.15, 0.2) is 0 Å². The minimum Gasteiger partial charge on any atom is -0.508 e. The second-order valence-corrected chi connectivity index (χ2v) is 4.02. The first-order chi connectivity index (χ1) is 7.65. The smallest absolute Gasteiger partial charge is 0.115 e. The van der Waals surface area contributed by atoms with E-state index in [-0.39, 0.29) is 11.7 Å². The van der Waals surface area contributed by atoms with E-state index in [0.29, 0.717) is 0 Å². The van der Waals surface area contributed by atoms with Crippen LogP contribution in [0.2, 0.25) is 0 Å². The van der Waals surface area contributed by atoms with Crippen LogP contribution in [-0.2, 0) is 6.54 Å². The highest BCUT2D eigenvalue weighted by molar-refractivity contribution is 5.25. The fourth-order valence-electron chi connectivity index (χ4n) is 1.59. The van der Waals surface area contributed by atoms with Crippen molar-refractivity contribution in [2.24, 2.45) is 5.92 Å². The summed E-state index contributed by atoms with van der Waals surface area (Å²) in [7, 11) is 0. The summed E-state index contributed by atoms with van der Waals surface area (Å²) in [6, 6.07) is 9.45. The molecule has 0 saturated carbocycles. The average molecular weight is 218 g/mol. The summed E-state index contributed by atoms with van der Waals surface area (Å²) in [5.41, 5.74) is 1.16. The van der Waals surface area contributed by atoms with Crippen LogP contribution < -0.4 is 0 Å². The number of benzene rings is 1. The molecule has 3 nitrogen and oxygen atoms in total. The number of hydrogen-bond acceptors (Lipinski definition) is 3. The first-order valence-corrected chi connectivity index (χ1v) is 5.55. The third-order valence-electron chi connectivity index (χ3n) is 2.54. The van der Waals surface area contributed by atoms with Gasteiger partial charge in [0.1, 0.15) is 5.75 Å². The summed E-state index contributed by atoms with van der Waals surface area (Å²) in [5.74, 6) is 0.342. The molecular formula is C13H18N2O. The zero-order chi connectivity index (χ0) is 12.0. The molecule has 1 rings (SSSR count). The molecule has 0 heterocycles. The van der Waals surface area contributed by atoms with Crippen molar-refractivity contribution in [1.82, 2.24) is 4.90 Å². The van der Waals surface area contributed by atoms with Gasteiger partial charge in [-0.1, -0.05) is 19.1 Å². The number of rotatable bonds is 5. The molecular weight excluding hydrogens is 200 g/mol. The summed E-state index contributed by atoms with van der Waals surface area (Å²) in [5, 5.41) is 17.9. The number of phenolic OH excluding ortho intramolecular Hbond substituents is 1. The van der Waals surface area contributed by atoms with E-state index in [9.17, 15) is 5.11 Å². The van der Waals surface area contributed by atoms with E-state index in [4.69, 9.17) is 5.26 Å². The zero-order valence-corrected chi connectivity index (χ0v) is 9.85. The summed E-state index contributed by atoms with van der Waals surface area (Å²) >= 11 is 0. The van der Waals surface area contributed by atoms with Crippen LogP contribution in [0.15, 0.2) is 24.3 Å². The van der Waals surface area contributed by atoms with E-state index in [0.717, 1.165) is 25.2 Å². The van der Waals surface area contributed by atoms with Crippen molar-refractivity contribution in [3.63, 3.8) is 0 Å². The van der Waals surface area contributed by atoms with Gasteiger partial charge in [0, 0.05) is 13.1 Å². The molecule has 3 heteroatoms. The molecule has 0 radical (unpaired) electrons. The van der Waals surface area contributed by atoms with Gasteiger partial charge in [-0.25, -0.2) is 0 Å². The van der Waals surface area contributed by atoms with Crippen molar-refractivity contribution in [3.8, 4) is 11.8 Å². The minimum absolute atomic E-state index is 0.0528. The fraction of sp³-hybridized carbons (Fsp3) is 0.462. The Labute approximate surface area is 96.9 Å². The molecule has 0 fully saturated rings. The lowest BCUT2D eigenvalue weighted by atomic mass is 10.1. The Kier molecular flexibility index (Phi) is 4.81. The Morgan fingerprint density at radius 3 is 2.50 bits per heavy atom. The minimum atomic E-state index is 0.0528. The molecule has 0 amide bonds. The van der Waals surface area contributed by atoms with Crippen LogP contribution in [0.5, 0.6) is 5.75 Å². The Morgan fingerprint density at radius 2 is 2.00 bits per heavy atom. The molecule has 0 aromatic heterocycles. The van der Waals surface area contributed by atoms with Gasteiger partial charge in [0.25, 0.3) is 0 Å².